The Morgan fingerprint density at radius 3 is 2.56 bits per heavy atom. The van der Waals surface area contributed by atoms with Crippen molar-refractivity contribution in [2.24, 2.45) is 5.41 Å². The second-order valence-corrected chi connectivity index (χ2v) is 7.06. The maximum absolute atomic E-state index is 3.78. The molecule has 0 aromatic rings. The fourth-order valence-electron chi connectivity index (χ4n) is 2.90. The molecule has 0 aromatic carbocycles. The molecule has 2 aliphatic rings. The summed E-state index contributed by atoms with van der Waals surface area (Å²) in [5.74, 6) is 2.66. The van der Waals surface area contributed by atoms with E-state index < -0.39 is 0 Å². The maximum Gasteiger partial charge on any atom is 0.00684 e. The van der Waals surface area contributed by atoms with Crippen molar-refractivity contribution in [2.75, 3.05) is 18.1 Å². The minimum absolute atomic E-state index is 0.670. The molecular formula is C14H27NS. The molecule has 0 aromatic heterocycles. The van der Waals surface area contributed by atoms with Crippen molar-refractivity contribution in [1.82, 2.24) is 5.32 Å². The molecule has 0 amide bonds. The zero-order valence-corrected chi connectivity index (χ0v) is 11.6. The molecule has 0 spiro atoms. The molecule has 2 fully saturated rings. The number of hydrogen-bond donors (Lipinski definition) is 1. The summed E-state index contributed by atoms with van der Waals surface area (Å²) in [6.07, 6.45) is 11.7. The Balaban J connectivity index is 1.77. The van der Waals surface area contributed by atoms with E-state index in [2.05, 4.69) is 24.0 Å². The topological polar surface area (TPSA) is 12.0 Å². The predicted molar refractivity (Wildman–Crippen MR) is 74.2 cm³/mol. The molecule has 0 atom stereocenters. The van der Waals surface area contributed by atoms with Gasteiger partial charge in [0.1, 0.15) is 0 Å². The zero-order valence-electron chi connectivity index (χ0n) is 10.8. The zero-order chi connectivity index (χ0) is 11.3. The molecule has 0 heterocycles. The van der Waals surface area contributed by atoms with Crippen molar-refractivity contribution in [3.8, 4) is 0 Å². The van der Waals surface area contributed by atoms with Crippen molar-refractivity contribution in [1.29, 1.82) is 0 Å². The minimum Gasteiger partial charge on any atom is -0.313 e. The van der Waals surface area contributed by atoms with Gasteiger partial charge in [-0.05, 0) is 49.0 Å². The molecule has 2 saturated carbocycles. The summed E-state index contributed by atoms with van der Waals surface area (Å²) < 4.78 is 0. The van der Waals surface area contributed by atoms with Crippen LogP contribution in [0.5, 0.6) is 0 Å². The Bertz CT molecular complexity index is 195. The summed E-state index contributed by atoms with van der Waals surface area (Å²) in [6.45, 7) is 3.59. The minimum atomic E-state index is 0.670. The first-order valence-electron chi connectivity index (χ1n) is 7.16. The van der Waals surface area contributed by atoms with Gasteiger partial charge in [0.15, 0.2) is 0 Å². The number of rotatable bonds is 7. The summed E-state index contributed by atoms with van der Waals surface area (Å²) >= 11 is 2.12. The lowest BCUT2D eigenvalue weighted by molar-refractivity contribution is 0.175. The van der Waals surface area contributed by atoms with Gasteiger partial charge in [0.25, 0.3) is 0 Å². The highest BCUT2D eigenvalue weighted by Crippen LogP contribution is 2.40. The van der Waals surface area contributed by atoms with Crippen molar-refractivity contribution < 1.29 is 0 Å². The molecule has 1 N–H and O–H groups in total. The van der Waals surface area contributed by atoms with E-state index in [4.69, 9.17) is 0 Å². The molecule has 16 heavy (non-hydrogen) atoms. The van der Waals surface area contributed by atoms with Crippen molar-refractivity contribution >= 4 is 11.8 Å². The second-order valence-electron chi connectivity index (χ2n) is 5.66. The summed E-state index contributed by atoms with van der Waals surface area (Å²) in [7, 11) is 0. The first-order chi connectivity index (χ1) is 7.85. The second kappa shape index (κ2) is 6.30. The van der Waals surface area contributed by atoms with Crippen LogP contribution in [0.1, 0.15) is 58.3 Å². The molecule has 0 bridgehead atoms. The monoisotopic (exact) mass is 241 g/mol. The van der Waals surface area contributed by atoms with Gasteiger partial charge in [-0.3, -0.25) is 0 Å². The van der Waals surface area contributed by atoms with Crippen LogP contribution in [0, 0.1) is 5.41 Å². The molecule has 2 aliphatic carbocycles. The molecule has 0 saturated heterocycles. The summed E-state index contributed by atoms with van der Waals surface area (Å²) in [5.41, 5.74) is 0.670. The van der Waals surface area contributed by atoms with Gasteiger partial charge in [0, 0.05) is 12.6 Å². The van der Waals surface area contributed by atoms with Gasteiger partial charge in [-0.2, -0.15) is 11.8 Å². The van der Waals surface area contributed by atoms with Gasteiger partial charge in [-0.25, -0.2) is 0 Å². The third-order valence-electron chi connectivity index (χ3n) is 4.24. The van der Waals surface area contributed by atoms with Crippen LogP contribution in [0.4, 0.5) is 0 Å². The van der Waals surface area contributed by atoms with E-state index in [-0.39, 0.29) is 0 Å². The fraction of sp³-hybridized carbons (Fsp3) is 1.00. The molecule has 2 rings (SSSR count). The summed E-state index contributed by atoms with van der Waals surface area (Å²) in [5, 5.41) is 3.78. The highest BCUT2D eigenvalue weighted by molar-refractivity contribution is 7.99. The first-order valence-corrected chi connectivity index (χ1v) is 8.31. The van der Waals surface area contributed by atoms with Crippen molar-refractivity contribution in [3.63, 3.8) is 0 Å². The predicted octanol–water partition coefficient (Wildman–Crippen LogP) is 3.83. The molecular weight excluding hydrogens is 214 g/mol. The molecule has 0 aliphatic heterocycles. The average molecular weight is 241 g/mol. The number of thioether (sulfide) groups is 1. The third kappa shape index (κ3) is 3.96. The van der Waals surface area contributed by atoms with Crippen molar-refractivity contribution in [3.05, 3.63) is 0 Å². The highest BCUT2D eigenvalue weighted by atomic mass is 32.2. The first kappa shape index (κ1) is 12.8. The quantitative estimate of drug-likeness (QED) is 0.680. The van der Waals surface area contributed by atoms with E-state index >= 15 is 0 Å². The van der Waals surface area contributed by atoms with Crippen molar-refractivity contribution in [2.45, 2.75) is 64.3 Å². The Morgan fingerprint density at radius 1 is 1.19 bits per heavy atom. The highest BCUT2D eigenvalue weighted by Gasteiger charge is 2.33. The number of hydrogen-bond acceptors (Lipinski definition) is 2. The van der Waals surface area contributed by atoms with E-state index in [0.717, 1.165) is 6.04 Å². The SMILES string of the molecule is CCSCCC1(CNC2CC2)CCCCC1. The molecule has 0 unspecified atom stereocenters. The van der Waals surface area contributed by atoms with Crippen LogP contribution in [0.25, 0.3) is 0 Å². The van der Waals surface area contributed by atoms with E-state index in [1.54, 1.807) is 0 Å². The smallest absolute Gasteiger partial charge is 0.00684 e. The van der Waals surface area contributed by atoms with Crippen LogP contribution < -0.4 is 5.32 Å². The van der Waals surface area contributed by atoms with Gasteiger partial charge in [0.05, 0.1) is 0 Å². The van der Waals surface area contributed by atoms with Gasteiger partial charge in [-0.15, -0.1) is 0 Å². The van der Waals surface area contributed by atoms with Gasteiger partial charge in [-0.1, -0.05) is 26.2 Å². The summed E-state index contributed by atoms with van der Waals surface area (Å²) in [4.78, 5) is 0. The van der Waals surface area contributed by atoms with Crippen LogP contribution in [0.2, 0.25) is 0 Å². The Morgan fingerprint density at radius 2 is 1.94 bits per heavy atom. The standard InChI is InChI=1S/C14H27NS/c1-2-16-11-10-14(8-4-3-5-9-14)12-15-13-6-7-13/h13,15H,2-12H2,1H3. The van der Waals surface area contributed by atoms with Crippen LogP contribution in [-0.2, 0) is 0 Å². The van der Waals surface area contributed by atoms with Crippen LogP contribution >= 0.6 is 11.8 Å². The van der Waals surface area contributed by atoms with Gasteiger partial charge < -0.3 is 5.32 Å². The largest absolute Gasteiger partial charge is 0.313 e. The maximum atomic E-state index is 3.78. The van der Waals surface area contributed by atoms with E-state index in [0.29, 0.717) is 5.41 Å². The Labute approximate surface area is 105 Å². The van der Waals surface area contributed by atoms with Gasteiger partial charge in [0.2, 0.25) is 0 Å². The molecule has 1 nitrogen and oxygen atoms in total. The lowest BCUT2D eigenvalue weighted by Gasteiger charge is -2.38. The lowest BCUT2D eigenvalue weighted by atomic mass is 9.72. The van der Waals surface area contributed by atoms with Crippen LogP contribution in [0.3, 0.4) is 0 Å². The Hall–Kier alpha value is 0.310. The van der Waals surface area contributed by atoms with E-state index in [1.165, 1.54) is 69.4 Å². The summed E-state index contributed by atoms with van der Waals surface area (Å²) in [6, 6.07) is 0.887. The average Bonchev–Trinajstić information content (AvgIpc) is 3.12. The van der Waals surface area contributed by atoms with Crippen LogP contribution in [0.15, 0.2) is 0 Å². The van der Waals surface area contributed by atoms with E-state index in [9.17, 15) is 0 Å². The molecule has 2 heteroatoms. The molecule has 94 valence electrons. The number of nitrogens with one attached hydrogen (secondary N) is 1. The fourth-order valence-corrected chi connectivity index (χ4v) is 3.76. The Kier molecular flexibility index (Phi) is 5.02. The van der Waals surface area contributed by atoms with Gasteiger partial charge >= 0.3 is 0 Å². The molecule has 0 radical (unpaired) electrons. The third-order valence-corrected chi connectivity index (χ3v) is 5.14. The van der Waals surface area contributed by atoms with E-state index in [1.807, 2.05) is 0 Å². The normalized spacial score (nSPS) is 24.6. The van der Waals surface area contributed by atoms with Crippen LogP contribution in [-0.4, -0.2) is 24.1 Å². The lowest BCUT2D eigenvalue weighted by Crippen LogP contribution is -2.37.